The molecule has 0 bridgehead atoms. The molecule has 3 aromatic rings. The highest BCUT2D eigenvalue weighted by Crippen LogP contribution is 2.45. The standard InChI is InChI=1S/C20H16.C2H6O/c1-2-8-15(9-3-1)14-20-18-12-6-4-10-16(18)17-11-5-7-13-19(17)20;1-2-3/h1-13,20H,14H2;3H,2H2,1H3. The van der Waals surface area contributed by atoms with Crippen LogP contribution in [-0.4, -0.2) is 11.7 Å². The zero-order chi connectivity index (χ0) is 16.1. The van der Waals surface area contributed by atoms with Gasteiger partial charge in [-0.05, 0) is 41.2 Å². The normalized spacial score (nSPS) is 12.1. The summed E-state index contributed by atoms with van der Waals surface area (Å²) in [6.07, 6.45) is 1.08. The van der Waals surface area contributed by atoms with E-state index >= 15 is 0 Å². The number of fused-ring (bicyclic) bond motifs is 3. The van der Waals surface area contributed by atoms with E-state index in [1.807, 2.05) is 0 Å². The van der Waals surface area contributed by atoms with Gasteiger partial charge in [-0.2, -0.15) is 0 Å². The summed E-state index contributed by atoms with van der Waals surface area (Å²) in [5.41, 5.74) is 7.16. The van der Waals surface area contributed by atoms with E-state index in [2.05, 4.69) is 78.9 Å². The molecule has 0 aliphatic heterocycles. The highest BCUT2D eigenvalue weighted by atomic mass is 16.2. The lowest BCUT2D eigenvalue weighted by Gasteiger charge is -2.13. The zero-order valence-corrected chi connectivity index (χ0v) is 13.4. The second kappa shape index (κ2) is 7.26. The van der Waals surface area contributed by atoms with Crippen molar-refractivity contribution in [2.24, 2.45) is 0 Å². The molecule has 3 aromatic carbocycles. The van der Waals surface area contributed by atoms with Crippen LogP contribution >= 0.6 is 0 Å². The van der Waals surface area contributed by atoms with E-state index in [-0.39, 0.29) is 6.61 Å². The number of benzene rings is 3. The molecule has 1 N–H and O–H groups in total. The summed E-state index contributed by atoms with van der Waals surface area (Å²) in [5, 5.41) is 7.57. The van der Waals surface area contributed by atoms with Gasteiger partial charge < -0.3 is 5.11 Å². The minimum Gasteiger partial charge on any atom is -0.397 e. The predicted molar refractivity (Wildman–Crippen MR) is 96.6 cm³/mol. The van der Waals surface area contributed by atoms with Crippen LogP contribution in [0.4, 0.5) is 0 Å². The summed E-state index contributed by atoms with van der Waals surface area (Å²) < 4.78 is 0. The number of rotatable bonds is 2. The van der Waals surface area contributed by atoms with Crippen LogP contribution in [0.15, 0.2) is 78.9 Å². The second-order valence-corrected chi connectivity index (χ2v) is 5.73. The molecule has 0 aromatic heterocycles. The summed E-state index contributed by atoms with van der Waals surface area (Å²) in [7, 11) is 0. The van der Waals surface area contributed by atoms with Gasteiger partial charge in [-0.15, -0.1) is 0 Å². The molecule has 0 atom stereocenters. The Kier molecular flexibility index (Phi) is 4.89. The largest absolute Gasteiger partial charge is 0.397 e. The van der Waals surface area contributed by atoms with Crippen LogP contribution in [0, 0.1) is 0 Å². The number of hydrogen-bond donors (Lipinski definition) is 1. The first-order valence-corrected chi connectivity index (χ1v) is 8.18. The molecular weight excluding hydrogens is 280 g/mol. The number of hydrogen-bond acceptors (Lipinski definition) is 1. The SMILES string of the molecule is CCO.c1ccc(CC2c3ccccc3-c3ccccc32)cc1. The van der Waals surface area contributed by atoms with Gasteiger partial charge in [0.05, 0.1) is 0 Å². The molecule has 1 aliphatic carbocycles. The summed E-state index contributed by atoms with van der Waals surface area (Å²) >= 11 is 0. The quantitative estimate of drug-likeness (QED) is 0.703. The Morgan fingerprint density at radius 1 is 0.696 bits per heavy atom. The minimum atomic E-state index is 0.250. The van der Waals surface area contributed by atoms with Crippen molar-refractivity contribution in [2.45, 2.75) is 19.3 Å². The Balaban J connectivity index is 0.000000485. The molecule has 0 fully saturated rings. The summed E-state index contributed by atoms with van der Waals surface area (Å²) in [5.74, 6) is 0.491. The summed E-state index contributed by atoms with van der Waals surface area (Å²) in [4.78, 5) is 0. The Hall–Kier alpha value is -2.38. The van der Waals surface area contributed by atoms with Crippen LogP contribution < -0.4 is 0 Å². The molecule has 0 heterocycles. The molecule has 0 saturated heterocycles. The zero-order valence-electron chi connectivity index (χ0n) is 13.4. The molecule has 23 heavy (non-hydrogen) atoms. The van der Waals surface area contributed by atoms with Crippen LogP contribution in [-0.2, 0) is 6.42 Å². The van der Waals surface area contributed by atoms with Gasteiger partial charge in [-0.25, -0.2) is 0 Å². The van der Waals surface area contributed by atoms with Gasteiger partial charge in [0.15, 0.2) is 0 Å². The number of aliphatic hydroxyl groups is 1. The maximum Gasteiger partial charge on any atom is 0.0402 e. The van der Waals surface area contributed by atoms with Crippen molar-refractivity contribution in [3.05, 3.63) is 95.6 Å². The first-order chi connectivity index (χ1) is 11.3. The maximum absolute atomic E-state index is 7.57. The number of aliphatic hydroxyl groups excluding tert-OH is 1. The Morgan fingerprint density at radius 3 is 1.65 bits per heavy atom. The lowest BCUT2D eigenvalue weighted by atomic mass is 9.90. The molecule has 0 unspecified atom stereocenters. The topological polar surface area (TPSA) is 20.2 Å². The predicted octanol–water partition coefficient (Wildman–Crippen LogP) is 5.04. The lowest BCUT2D eigenvalue weighted by Crippen LogP contribution is -2.01. The van der Waals surface area contributed by atoms with Crippen molar-refractivity contribution in [3.63, 3.8) is 0 Å². The van der Waals surface area contributed by atoms with Gasteiger partial charge >= 0.3 is 0 Å². The minimum absolute atomic E-state index is 0.250. The second-order valence-electron chi connectivity index (χ2n) is 5.73. The smallest absolute Gasteiger partial charge is 0.0402 e. The summed E-state index contributed by atoms with van der Waals surface area (Å²) in [6, 6.07) is 28.4. The van der Waals surface area contributed by atoms with Crippen LogP contribution in [0.2, 0.25) is 0 Å². The highest BCUT2D eigenvalue weighted by Gasteiger charge is 2.27. The van der Waals surface area contributed by atoms with Gasteiger partial charge in [-0.3, -0.25) is 0 Å². The van der Waals surface area contributed by atoms with Crippen LogP contribution in [0.25, 0.3) is 11.1 Å². The van der Waals surface area contributed by atoms with Crippen LogP contribution in [0.5, 0.6) is 0 Å². The molecule has 0 radical (unpaired) electrons. The van der Waals surface area contributed by atoms with Crippen molar-refractivity contribution in [1.29, 1.82) is 0 Å². The third kappa shape index (κ3) is 3.20. The van der Waals surface area contributed by atoms with Crippen molar-refractivity contribution in [2.75, 3.05) is 6.61 Å². The monoisotopic (exact) mass is 302 g/mol. The molecular formula is C22H22O. The van der Waals surface area contributed by atoms with E-state index in [1.165, 1.54) is 27.8 Å². The average molecular weight is 302 g/mol. The van der Waals surface area contributed by atoms with Crippen molar-refractivity contribution in [1.82, 2.24) is 0 Å². The Morgan fingerprint density at radius 2 is 1.13 bits per heavy atom. The highest BCUT2D eigenvalue weighted by molar-refractivity contribution is 5.78. The molecule has 1 heteroatoms. The molecule has 4 rings (SSSR count). The fourth-order valence-electron chi connectivity index (χ4n) is 3.33. The fourth-order valence-corrected chi connectivity index (χ4v) is 3.33. The van der Waals surface area contributed by atoms with E-state index in [0.717, 1.165) is 6.42 Å². The molecule has 0 spiro atoms. The molecule has 1 nitrogen and oxygen atoms in total. The van der Waals surface area contributed by atoms with Crippen molar-refractivity contribution in [3.8, 4) is 11.1 Å². The van der Waals surface area contributed by atoms with E-state index in [4.69, 9.17) is 5.11 Å². The third-order valence-corrected chi connectivity index (χ3v) is 4.25. The van der Waals surface area contributed by atoms with Gasteiger partial charge in [0.25, 0.3) is 0 Å². The van der Waals surface area contributed by atoms with Gasteiger partial charge in [0.2, 0.25) is 0 Å². The molecule has 1 aliphatic rings. The van der Waals surface area contributed by atoms with Gasteiger partial charge in [0, 0.05) is 12.5 Å². The first kappa shape index (κ1) is 15.5. The van der Waals surface area contributed by atoms with Crippen molar-refractivity contribution >= 4 is 0 Å². The summed E-state index contributed by atoms with van der Waals surface area (Å²) in [6.45, 7) is 1.93. The van der Waals surface area contributed by atoms with E-state index in [9.17, 15) is 0 Å². The van der Waals surface area contributed by atoms with Gasteiger partial charge in [0.1, 0.15) is 0 Å². The van der Waals surface area contributed by atoms with Gasteiger partial charge in [-0.1, -0.05) is 78.9 Å². The van der Waals surface area contributed by atoms with Crippen LogP contribution in [0.1, 0.15) is 29.5 Å². The van der Waals surface area contributed by atoms with E-state index in [1.54, 1.807) is 6.92 Å². The Bertz CT molecular complexity index is 716. The average Bonchev–Trinajstić information content (AvgIpc) is 2.91. The molecule has 116 valence electrons. The van der Waals surface area contributed by atoms with Crippen LogP contribution in [0.3, 0.4) is 0 Å². The third-order valence-electron chi connectivity index (χ3n) is 4.25. The lowest BCUT2D eigenvalue weighted by molar-refractivity contribution is 0.318. The van der Waals surface area contributed by atoms with Crippen molar-refractivity contribution < 1.29 is 5.11 Å². The van der Waals surface area contributed by atoms with E-state index < -0.39 is 0 Å². The van der Waals surface area contributed by atoms with E-state index in [0.29, 0.717) is 5.92 Å². The molecule has 0 saturated carbocycles. The first-order valence-electron chi connectivity index (χ1n) is 8.18. The maximum atomic E-state index is 7.57. The fraction of sp³-hybridized carbons (Fsp3) is 0.182. The molecule has 0 amide bonds. The Labute approximate surface area is 138 Å².